The summed E-state index contributed by atoms with van der Waals surface area (Å²) in [5, 5.41) is 9.08. The van der Waals surface area contributed by atoms with Crippen LogP contribution in [0.3, 0.4) is 0 Å². The minimum atomic E-state index is -0.727. The first-order valence-corrected chi connectivity index (χ1v) is 8.75. The van der Waals surface area contributed by atoms with Crippen LogP contribution < -0.4 is 0 Å². The molecule has 24 heavy (non-hydrogen) atoms. The van der Waals surface area contributed by atoms with Crippen molar-refractivity contribution in [2.45, 2.75) is 51.9 Å². The summed E-state index contributed by atoms with van der Waals surface area (Å²) in [4.78, 5) is 25.6. The molecule has 4 heteroatoms. The van der Waals surface area contributed by atoms with Crippen LogP contribution in [0, 0.1) is 18.8 Å². The maximum absolute atomic E-state index is 12.7. The van der Waals surface area contributed by atoms with Crippen molar-refractivity contribution in [3.05, 3.63) is 35.4 Å². The van der Waals surface area contributed by atoms with Gasteiger partial charge in [-0.1, -0.05) is 43.7 Å². The Kier molecular flexibility index (Phi) is 5.68. The van der Waals surface area contributed by atoms with E-state index >= 15 is 0 Å². The zero-order valence-corrected chi connectivity index (χ0v) is 15.2. The fourth-order valence-corrected chi connectivity index (χ4v) is 3.67. The lowest BCUT2D eigenvalue weighted by atomic mass is 9.80. The normalized spacial score (nSPS) is 21.3. The lowest BCUT2D eigenvalue weighted by molar-refractivity contribution is -0.145. The van der Waals surface area contributed by atoms with Gasteiger partial charge in [0.2, 0.25) is 5.91 Å². The van der Waals surface area contributed by atoms with Crippen LogP contribution >= 0.6 is 0 Å². The minimum Gasteiger partial charge on any atom is -0.481 e. The first kappa shape index (κ1) is 18.5. The van der Waals surface area contributed by atoms with E-state index in [1.165, 1.54) is 11.1 Å². The van der Waals surface area contributed by atoms with Crippen molar-refractivity contribution in [2.24, 2.45) is 11.8 Å². The molecule has 0 aromatic heterocycles. The monoisotopic (exact) mass is 331 g/mol. The van der Waals surface area contributed by atoms with E-state index in [4.69, 9.17) is 5.11 Å². The number of hydrogen-bond donors (Lipinski definition) is 1. The van der Waals surface area contributed by atoms with Crippen LogP contribution in [-0.4, -0.2) is 35.5 Å². The molecule has 1 aromatic rings. The molecule has 1 saturated carbocycles. The summed E-state index contributed by atoms with van der Waals surface area (Å²) < 4.78 is 0. The molecule has 0 saturated heterocycles. The fourth-order valence-electron chi connectivity index (χ4n) is 3.67. The summed E-state index contributed by atoms with van der Waals surface area (Å²) in [5.41, 5.74) is 2.34. The van der Waals surface area contributed by atoms with Gasteiger partial charge >= 0.3 is 5.97 Å². The van der Waals surface area contributed by atoms with E-state index in [2.05, 4.69) is 45.0 Å². The van der Waals surface area contributed by atoms with Gasteiger partial charge in [-0.05, 0) is 38.2 Å². The van der Waals surface area contributed by atoms with Gasteiger partial charge in [0.25, 0.3) is 0 Å². The SMILES string of the molecule is Cc1ccc(C(C)(C)CN(C)C(=O)C2CCC(C(=O)O)CC2)cc1. The Balaban J connectivity index is 1.96. The van der Waals surface area contributed by atoms with Crippen LogP contribution in [0.15, 0.2) is 24.3 Å². The summed E-state index contributed by atoms with van der Waals surface area (Å²) >= 11 is 0. The van der Waals surface area contributed by atoms with E-state index in [1.807, 2.05) is 11.9 Å². The van der Waals surface area contributed by atoms with Crippen LogP contribution in [0.1, 0.15) is 50.7 Å². The van der Waals surface area contributed by atoms with Gasteiger partial charge in [-0.25, -0.2) is 0 Å². The molecule has 1 amide bonds. The van der Waals surface area contributed by atoms with Gasteiger partial charge in [0.05, 0.1) is 5.92 Å². The number of carboxylic acids is 1. The second kappa shape index (κ2) is 7.37. The highest BCUT2D eigenvalue weighted by atomic mass is 16.4. The zero-order chi connectivity index (χ0) is 17.9. The third-order valence-corrected chi connectivity index (χ3v) is 5.27. The summed E-state index contributed by atoms with van der Waals surface area (Å²) in [7, 11) is 1.86. The predicted molar refractivity (Wildman–Crippen MR) is 94.9 cm³/mol. The van der Waals surface area contributed by atoms with Crippen LogP contribution in [0.25, 0.3) is 0 Å². The molecule has 1 fully saturated rings. The quantitative estimate of drug-likeness (QED) is 0.896. The van der Waals surface area contributed by atoms with Crippen LogP contribution in [0.5, 0.6) is 0 Å². The molecule has 0 unspecified atom stereocenters. The van der Waals surface area contributed by atoms with Crippen molar-refractivity contribution >= 4 is 11.9 Å². The second-order valence-electron chi connectivity index (χ2n) is 7.83. The number of carboxylic acid groups (broad SMARTS) is 1. The Morgan fingerprint density at radius 1 is 1.08 bits per heavy atom. The highest BCUT2D eigenvalue weighted by molar-refractivity contribution is 5.79. The van der Waals surface area contributed by atoms with Crippen molar-refractivity contribution in [3.63, 3.8) is 0 Å². The number of aryl methyl sites for hydroxylation is 1. The highest BCUT2D eigenvalue weighted by Gasteiger charge is 2.33. The molecular weight excluding hydrogens is 302 g/mol. The number of amides is 1. The first-order valence-electron chi connectivity index (χ1n) is 8.75. The second-order valence-corrected chi connectivity index (χ2v) is 7.83. The fraction of sp³-hybridized carbons (Fsp3) is 0.600. The van der Waals surface area contributed by atoms with Gasteiger partial charge in [0.1, 0.15) is 0 Å². The molecule has 0 atom stereocenters. The highest BCUT2D eigenvalue weighted by Crippen LogP contribution is 2.31. The lowest BCUT2D eigenvalue weighted by Gasteiger charge is -2.34. The van der Waals surface area contributed by atoms with Gasteiger partial charge in [-0.3, -0.25) is 9.59 Å². The van der Waals surface area contributed by atoms with E-state index in [0.29, 0.717) is 32.2 Å². The number of carbonyl (C=O) groups excluding carboxylic acids is 1. The molecule has 2 rings (SSSR count). The van der Waals surface area contributed by atoms with Crippen molar-refractivity contribution in [2.75, 3.05) is 13.6 Å². The molecule has 0 heterocycles. The summed E-state index contributed by atoms with van der Waals surface area (Å²) in [6.45, 7) is 7.04. The smallest absolute Gasteiger partial charge is 0.306 e. The Morgan fingerprint density at radius 2 is 1.58 bits per heavy atom. The number of hydrogen-bond acceptors (Lipinski definition) is 2. The molecule has 0 aliphatic heterocycles. The average molecular weight is 331 g/mol. The van der Waals surface area contributed by atoms with E-state index < -0.39 is 5.97 Å². The number of nitrogens with zero attached hydrogens (tertiary/aromatic N) is 1. The van der Waals surface area contributed by atoms with Crippen LogP contribution in [0.2, 0.25) is 0 Å². The first-order chi connectivity index (χ1) is 11.2. The molecule has 0 bridgehead atoms. The van der Waals surface area contributed by atoms with Crippen molar-refractivity contribution in [3.8, 4) is 0 Å². The average Bonchev–Trinajstić information content (AvgIpc) is 2.54. The molecule has 1 N–H and O–H groups in total. The van der Waals surface area contributed by atoms with Crippen molar-refractivity contribution in [1.29, 1.82) is 0 Å². The zero-order valence-electron chi connectivity index (χ0n) is 15.2. The maximum atomic E-state index is 12.7. The van der Waals surface area contributed by atoms with Gasteiger partial charge in [-0.15, -0.1) is 0 Å². The largest absolute Gasteiger partial charge is 0.481 e. The summed E-state index contributed by atoms with van der Waals surface area (Å²) in [6.07, 6.45) is 2.60. The lowest BCUT2D eigenvalue weighted by Crippen LogP contribution is -2.42. The molecule has 1 aromatic carbocycles. The Hall–Kier alpha value is -1.84. The van der Waals surface area contributed by atoms with Crippen LogP contribution in [0.4, 0.5) is 0 Å². The standard InChI is InChI=1S/C20H29NO3/c1-14-5-11-17(12-6-14)20(2,3)13-21(4)18(22)15-7-9-16(10-8-15)19(23)24/h5-6,11-12,15-16H,7-10,13H2,1-4H3,(H,23,24). The molecule has 0 radical (unpaired) electrons. The van der Waals surface area contributed by atoms with Gasteiger partial charge < -0.3 is 10.0 Å². The third kappa shape index (κ3) is 4.37. The molecule has 4 nitrogen and oxygen atoms in total. The van der Waals surface area contributed by atoms with E-state index in [1.54, 1.807) is 0 Å². The number of benzene rings is 1. The Morgan fingerprint density at radius 3 is 2.08 bits per heavy atom. The molecular formula is C20H29NO3. The minimum absolute atomic E-state index is 0.0283. The van der Waals surface area contributed by atoms with Crippen LogP contribution in [-0.2, 0) is 15.0 Å². The topological polar surface area (TPSA) is 57.6 Å². The third-order valence-electron chi connectivity index (χ3n) is 5.27. The number of rotatable bonds is 5. The van der Waals surface area contributed by atoms with Crippen molar-refractivity contribution in [1.82, 2.24) is 4.90 Å². The van der Waals surface area contributed by atoms with E-state index in [9.17, 15) is 9.59 Å². The van der Waals surface area contributed by atoms with Gasteiger partial charge in [0.15, 0.2) is 0 Å². The summed E-state index contributed by atoms with van der Waals surface area (Å²) in [5.74, 6) is -0.878. The van der Waals surface area contributed by atoms with Crippen molar-refractivity contribution < 1.29 is 14.7 Å². The molecule has 1 aliphatic rings. The van der Waals surface area contributed by atoms with Gasteiger partial charge in [0, 0.05) is 24.9 Å². The van der Waals surface area contributed by atoms with E-state index in [0.717, 1.165) is 0 Å². The molecule has 1 aliphatic carbocycles. The van der Waals surface area contributed by atoms with E-state index in [-0.39, 0.29) is 23.2 Å². The Labute approximate surface area is 144 Å². The number of aliphatic carboxylic acids is 1. The molecule has 0 spiro atoms. The molecule has 132 valence electrons. The van der Waals surface area contributed by atoms with Gasteiger partial charge in [-0.2, -0.15) is 0 Å². The maximum Gasteiger partial charge on any atom is 0.306 e. The summed E-state index contributed by atoms with van der Waals surface area (Å²) in [6, 6.07) is 8.47. The Bertz CT molecular complexity index is 583. The number of likely N-dealkylation sites (N-methyl/N-ethyl adjacent to an activating group) is 1. The predicted octanol–water partition coefficient (Wildman–Crippen LogP) is 3.62. The number of carbonyl (C=O) groups is 2.